The monoisotopic (exact) mass is 966 g/mol. The molecule has 0 aliphatic heterocycles. The van der Waals surface area contributed by atoms with E-state index in [4.69, 9.17) is 18.9 Å². The number of hydrogen-bond acceptors (Lipinski definition) is 8. The zero-order chi connectivity index (χ0) is 49.9. The van der Waals surface area contributed by atoms with Crippen LogP contribution in [0.3, 0.4) is 0 Å². The molecule has 0 fully saturated rings. The lowest BCUT2D eigenvalue weighted by Gasteiger charge is -2.26. The summed E-state index contributed by atoms with van der Waals surface area (Å²) in [4.78, 5) is 37.3. The molecule has 0 aliphatic carbocycles. The van der Waals surface area contributed by atoms with Crippen molar-refractivity contribution in [3.05, 3.63) is 0 Å². The molecule has 0 amide bonds. The summed E-state index contributed by atoms with van der Waals surface area (Å²) in [6.45, 7) is 4.82. The molecular formula is C59H115NO8. The van der Waals surface area contributed by atoms with Crippen LogP contribution in [0.2, 0.25) is 0 Å². The lowest BCUT2D eigenvalue weighted by molar-refractivity contribution is -0.870. The topological polar surface area (TPSA) is 111 Å². The molecule has 0 aromatic carbocycles. The van der Waals surface area contributed by atoms with Crippen LogP contribution in [-0.2, 0) is 33.3 Å². The maximum Gasteiger partial charge on any atom is 0.306 e. The maximum absolute atomic E-state index is 12.9. The van der Waals surface area contributed by atoms with Crippen LogP contribution in [0.15, 0.2) is 0 Å². The number of esters is 2. The van der Waals surface area contributed by atoms with Crippen LogP contribution >= 0.6 is 0 Å². The highest BCUT2D eigenvalue weighted by molar-refractivity contribution is 5.70. The molecule has 2 atom stereocenters. The third kappa shape index (κ3) is 52.1. The van der Waals surface area contributed by atoms with Gasteiger partial charge in [-0.1, -0.05) is 277 Å². The molecule has 0 saturated carbocycles. The zero-order valence-corrected chi connectivity index (χ0v) is 46.0. The van der Waals surface area contributed by atoms with Crippen molar-refractivity contribution in [1.29, 1.82) is 0 Å². The number of quaternary nitrogens is 1. The average Bonchev–Trinajstić information content (AvgIpc) is 3.30. The third-order valence-corrected chi connectivity index (χ3v) is 13.6. The van der Waals surface area contributed by atoms with Crippen molar-refractivity contribution in [3.8, 4) is 0 Å². The first kappa shape index (κ1) is 66.3. The average molecular weight is 967 g/mol. The van der Waals surface area contributed by atoms with Gasteiger partial charge in [-0.2, -0.15) is 0 Å². The Morgan fingerprint density at radius 1 is 0.382 bits per heavy atom. The number of carbonyl (C=O) groups is 3. The standard InChI is InChI=1S/C59H115NO8/c1-6-8-10-12-14-16-18-20-22-24-26-28-29-30-32-34-36-38-40-42-44-46-48-50-57(62)68-55(54-67-59(58(63)64)65-52-51-60(3,4)5)53-66-56(61)49-47-45-43-41-39-37-35-33-31-27-25-23-21-19-17-15-13-11-9-7-2/h55,59H,6-54H2,1-5H3. The van der Waals surface area contributed by atoms with Gasteiger partial charge < -0.3 is 33.3 Å². The lowest BCUT2D eigenvalue weighted by Crippen LogP contribution is -2.44. The summed E-state index contributed by atoms with van der Waals surface area (Å²) in [5.74, 6) is -2.25. The second-order valence-electron chi connectivity index (χ2n) is 21.7. The normalized spacial score (nSPS) is 12.7. The summed E-state index contributed by atoms with van der Waals surface area (Å²) in [6, 6.07) is 0. The number of hydrogen-bond donors (Lipinski definition) is 0. The van der Waals surface area contributed by atoms with Gasteiger partial charge in [-0.15, -0.1) is 0 Å². The molecule has 0 saturated heterocycles. The van der Waals surface area contributed by atoms with Gasteiger partial charge in [0.15, 0.2) is 12.4 Å². The van der Waals surface area contributed by atoms with Crippen molar-refractivity contribution in [2.24, 2.45) is 0 Å². The van der Waals surface area contributed by atoms with E-state index in [1.807, 2.05) is 21.1 Å². The molecule has 68 heavy (non-hydrogen) atoms. The van der Waals surface area contributed by atoms with Crippen molar-refractivity contribution in [2.75, 3.05) is 47.5 Å². The van der Waals surface area contributed by atoms with E-state index in [-0.39, 0.29) is 32.2 Å². The lowest BCUT2D eigenvalue weighted by atomic mass is 10.0. The van der Waals surface area contributed by atoms with Gasteiger partial charge in [0.1, 0.15) is 13.2 Å². The van der Waals surface area contributed by atoms with Gasteiger partial charge in [0.2, 0.25) is 0 Å². The van der Waals surface area contributed by atoms with E-state index in [1.54, 1.807) is 0 Å². The van der Waals surface area contributed by atoms with Crippen LogP contribution in [-0.4, -0.2) is 82.3 Å². The van der Waals surface area contributed by atoms with Crippen molar-refractivity contribution >= 4 is 17.9 Å². The number of carboxylic acids is 1. The Labute approximate surface area is 422 Å². The minimum absolute atomic E-state index is 0.153. The quantitative estimate of drug-likeness (QED) is 0.0256. The van der Waals surface area contributed by atoms with Crippen LogP contribution in [0.5, 0.6) is 0 Å². The van der Waals surface area contributed by atoms with E-state index < -0.39 is 24.3 Å². The largest absolute Gasteiger partial charge is 0.545 e. The number of rotatable bonds is 56. The zero-order valence-electron chi connectivity index (χ0n) is 46.0. The molecule has 0 bridgehead atoms. The summed E-state index contributed by atoms with van der Waals surface area (Å²) in [7, 11) is 5.94. The first-order chi connectivity index (χ1) is 33.1. The molecule has 0 aromatic rings. The van der Waals surface area contributed by atoms with Gasteiger partial charge in [-0.05, 0) is 12.8 Å². The van der Waals surface area contributed by atoms with Gasteiger partial charge in [0, 0.05) is 12.8 Å². The molecule has 0 heterocycles. The highest BCUT2D eigenvalue weighted by Crippen LogP contribution is 2.18. The van der Waals surface area contributed by atoms with Crippen molar-refractivity contribution < 1.29 is 42.9 Å². The van der Waals surface area contributed by atoms with Gasteiger partial charge in [-0.25, -0.2) is 0 Å². The SMILES string of the molecule is CCCCCCCCCCCCCCCCCCCCCCCCCC(=O)OC(COC(=O)CCCCCCCCCCCCCCCCCCCCCC)COC(OCC[N+](C)(C)C)C(=O)[O-]. The summed E-state index contributed by atoms with van der Waals surface area (Å²) < 4.78 is 22.7. The maximum atomic E-state index is 12.9. The third-order valence-electron chi connectivity index (χ3n) is 13.6. The number of carboxylic acid groups (broad SMARTS) is 1. The van der Waals surface area contributed by atoms with E-state index in [9.17, 15) is 19.5 Å². The summed E-state index contributed by atoms with van der Waals surface area (Å²) in [5.41, 5.74) is 0. The minimum atomic E-state index is -1.61. The number of ether oxygens (including phenoxy) is 4. The molecular weight excluding hydrogens is 851 g/mol. The molecule has 9 heteroatoms. The number of aliphatic carboxylic acids is 1. The first-order valence-electron chi connectivity index (χ1n) is 29.7. The smallest absolute Gasteiger partial charge is 0.306 e. The molecule has 0 aromatic heterocycles. The molecule has 0 rings (SSSR count). The number of nitrogens with zero attached hydrogens (tertiary/aromatic N) is 1. The van der Waals surface area contributed by atoms with Crippen LogP contribution in [0.4, 0.5) is 0 Å². The molecule has 404 valence electrons. The summed E-state index contributed by atoms with van der Waals surface area (Å²) in [5, 5.41) is 11.8. The first-order valence-corrected chi connectivity index (χ1v) is 29.7. The summed E-state index contributed by atoms with van der Waals surface area (Å²) >= 11 is 0. The van der Waals surface area contributed by atoms with E-state index in [1.165, 1.54) is 238 Å². The van der Waals surface area contributed by atoms with Gasteiger partial charge in [0.05, 0.1) is 40.3 Å². The van der Waals surface area contributed by atoms with E-state index in [0.717, 1.165) is 38.5 Å². The van der Waals surface area contributed by atoms with Crippen LogP contribution in [0.25, 0.3) is 0 Å². The van der Waals surface area contributed by atoms with Crippen molar-refractivity contribution in [1.82, 2.24) is 0 Å². The Bertz CT molecular complexity index is 1080. The fourth-order valence-corrected chi connectivity index (χ4v) is 9.01. The van der Waals surface area contributed by atoms with Crippen LogP contribution < -0.4 is 5.11 Å². The minimum Gasteiger partial charge on any atom is -0.545 e. The highest BCUT2D eigenvalue weighted by Gasteiger charge is 2.22. The van der Waals surface area contributed by atoms with Crippen molar-refractivity contribution in [2.45, 2.75) is 315 Å². The predicted octanol–water partition coefficient (Wildman–Crippen LogP) is 15.9. The van der Waals surface area contributed by atoms with Gasteiger partial charge in [-0.3, -0.25) is 9.59 Å². The highest BCUT2D eigenvalue weighted by atomic mass is 16.7. The van der Waals surface area contributed by atoms with Crippen molar-refractivity contribution in [3.63, 3.8) is 0 Å². The van der Waals surface area contributed by atoms with Gasteiger partial charge in [0.25, 0.3) is 0 Å². The second-order valence-corrected chi connectivity index (χ2v) is 21.7. The number of carbonyl (C=O) groups excluding carboxylic acids is 3. The molecule has 0 aliphatic rings. The Hall–Kier alpha value is -1.71. The summed E-state index contributed by atoms with van der Waals surface area (Å²) in [6.07, 6.45) is 54.4. The van der Waals surface area contributed by atoms with Crippen LogP contribution in [0.1, 0.15) is 303 Å². The Morgan fingerprint density at radius 3 is 0.941 bits per heavy atom. The number of unbranched alkanes of at least 4 members (excludes halogenated alkanes) is 41. The van der Waals surface area contributed by atoms with E-state index in [2.05, 4.69) is 13.8 Å². The fourth-order valence-electron chi connectivity index (χ4n) is 9.01. The number of likely N-dealkylation sites (N-methyl/N-ethyl adjacent to an activating group) is 1. The fraction of sp³-hybridized carbons (Fsp3) is 0.949. The molecule has 0 radical (unpaired) electrons. The Balaban J connectivity index is 4.18. The molecule has 0 spiro atoms. The van der Waals surface area contributed by atoms with Crippen LogP contribution in [0, 0.1) is 0 Å². The molecule has 9 nitrogen and oxygen atoms in total. The second kappa shape index (κ2) is 51.6. The van der Waals surface area contributed by atoms with E-state index >= 15 is 0 Å². The molecule has 0 N–H and O–H groups in total. The molecule has 2 unspecified atom stereocenters. The predicted molar refractivity (Wildman–Crippen MR) is 284 cm³/mol. The Morgan fingerprint density at radius 2 is 0.662 bits per heavy atom. The Kier molecular flexibility index (Phi) is 50.3. The van der Waals surface area contributed by atoms with Gasteiger partial charge >= 0.3 is 11.9 Å². The van der Waals surface area contributed by atoms with E-state index in [0.29, 0.717) is 17.4 Å².